The van der Waals surface area contributed by atoms with Gasteiger partial charge in [-0.25, -0.2) is 0 Å². The predicted molar refractivity (Wildman–Crippen MR) is 65.7 cm³/mol. The Hall–Kier alpha value is -1.62. The van der Waals surface area contributed by atoms with Crippen LogP contribution in [-0.2, 0) is 24.8 Å². The molecule has 5 nitrogen and oxygen atoms in total. The number of nitrogens with zero attached hydrogens (tertiary/aromatic N) is 3. The monoisotopic (exact) mass is 237 g/mol. The van der Waals surface area contributed by atoms with Crippen molar-refractivity contribution < 1.29 is 9.90 Å². The van der Waals surface area contributed by atoms with Crippen molar-refractivity contribution in [3.05, 3.63) is 30.1 Å². The molecule has 0 bridgehead atoms. The van der Waals surface area contributed by atoms with Gasteiger partial charge in [-0.05, 0) is 12.5 Å². The van der Waals surface area contributed by atoms with Gasteiger partial charge in [-0.2, -0.15) is 5.10 Å². The molecule has 0 aliphatic carbocycles. The van der Waals surface area contributed by atoms with E-state index in [1.165, 1.54) is 0 Å². The molecule has 94 valence electrons. The summed E-state index contributed by atoms with van der Waals surface area (Å²) in [7, 11) is 1.88. The molecule has 0 saturated heterocycles. The van der Waals surface area contributed by atoms with E-state index in [0.29, 0.717) is 13.1 Å². The first kappa shape index (κ1) is 13.4. The maximum Gasteiger partial charge on any atom is 0.317 e. The highest BCUT2D eigenvalue weighted by Gasteiger charge is 2.12. The quantitative estimate of drug-likeness (QED) is 0.720. The van der Waals surface area contributed by atoms with E-state index in [4.69, 9.17) is 5.11 Å². The molecule has 0 aliphatic rings. The zero-order chi connectivity index (χ0) is 12.8. The van der Waals surface area contributed by atoms with Crippen LogP contribution in [0, 0.1) is 0 Å². The highest BCUT2D eigenvalue weighted by atomic mass is 16.4. The van der Waals surface area contributed by atoms with E-state index in [0.717, 1.165) is 17.8 Å². The molecular formula is C12H19N3O2. The molecule has 5 heteroatoms. The van der Waals surface area contributed by atoms with Gasteiger partial charge in [0, 0.05) is 20.1 Å². The van der Waals surface area contributed by atoms with Crippen LogP contribution in [0.5, 0.6) is 0 Å². The summed E-state index contributed by atoms with van der Waals surface area (Å²) < 4.78 is 1.80. The molecule has 1 aromatic heterocycles. The Morgan fingerprint density at radius 1 is 1.71 bits per heavy atom. The lowest BCUT2D eigenvalue weighted by Gasteiger charge is -2.17. The fourth-order valence-electron chi connectivity index (χ4n) is 1.68. The van der Waals surface area contributed by atoms with Gasteiger partial charge in [0.25, 0.3) is 0 Å². The number of hydrogen-bond donors (Lipinski definition) is 1. The van der Waals surface area contributed by atoms with Crippen LogP contribution in [0.4, 0.5) is 0 Å². The fraction of sp³-hybridized carbons (Fsp3) is 0.500. The number of carboxylic acids is 1. The van der Waals surface area contributed by atoms with E-state index in [2.05, 4.69) is 11.7 Å². The number of aryl methyl sites for hydroxylation is 2. The van der Waals surface area contributed by atoms with Gasteiger partial charge in [0.15, 0.2) is 0 Å². The first-order valence-electron chi connectivity index (χ1n) is 5.63. The van der Waals surface area contributed by atoms with Crippen LogP contribution in [0.2, 0.25) is 0 Å². The van der Waals surface area contributed by atoms with Gasteiger partial charge < -0.3 is 5.11 Å². The largest absolute Gasteiger partial charge is 0.480 e. The molecule has 0 spiro atoms. The molecule has 0 atom stereocenters. The minimum absolute atomic E-state index is 0.0126. The van der Waals surface area contributed by atoms with Crippen molar-refractivity contribution in [3.8, 4) is 0 Å². The summed E-state index contributed by atoms with van der Waals surface area (Å²) in [6.07, 6.45) is 2.59. The molecular weight excluding hydrogens is 218 g/mol. The Morgan fingerprint density at radius 3 is 2.88 bits per heavy atom. The molecule has 0 saturated carbocycles. The molecule has 1 rings (SSSR count). The first-order valence-corrected chi connectivity index (χ1v) is 5.63. The molecule has 0 aromatic carbocycles. The third-order valence-electron chi connectivity index (χ3n) is 2.52. The second kappa shape index (κ2) is 6.20. The van der Waals surface area contributed by atoms with Crippen molar-refractivity contribution in [1.82, 2.24) is 14.7 Å². The Balaban J connectivity index is 2.73. The van der Waals surface area contributed by atoms with E-state index in [9.17, 15) is 4.79 Å². The van der Waals surface area contributed by atoms with Crippen LogP contribution in [0.15, 0.2) is 18.7 Å². The molecule has 1 heterocycles. The Kier molecular flexibility index (Phi) is 4.90. The smallest absolute Gasteiger partial charge is 0.317 e. The van der Waals surface area contributed by atoms with Gasteiger partial charge in [0.05, 0.1) is 17.9 Å². The SMILES string of the molecule is C=CCN(CC(=O)O)Cc1cc(CC)nn1C. The van der Waals surface area contributed by atoms with Gasteiger partial charge >= 0.3 is 5.97 Å². The van der Waals surface area contributed by atoms with Crippen LogP contribution < -0.4 is 0 Å². The van der Waals surface area contributed by atoms with Crippen LogP contribution in [0.1, 0.15) is 18.3 Å². The number of carbonyl (C=O) groups is 1. The number of rotatable bonds is 7. The summed E-state index contributed by atoms with van der Waals surface area (Å²) in [6, 6.07) is 2.01. The number of aliphatic carboxylic acids is 1. The third-order valence-corrected chi connectivity index (χ3v) is 2.52. The van der Waals surface area contributed by atoms with E-state index >= 15 is 0 Å². The average Bonchev–Trinajstić information content (AvgIpc) is 2.59. The minimum Gasteiger partial charge on any atom is -0.480 e. The van der Waals surface area contributed by atoms with Crippen LogP contribution in [0.25, 0.3) is 0 Å². The molecule has 1 aromatic rings. The van der Waals surface area contributed by atoms with Crippen LogP contribution in [-0.4, -0.2) is 38.8 Å². The fourth-order valence-corrected chi connectivity index (χ4v) is 1.68. The Bertz CT molecular complexity index is 398. The van der Waals surface area contributed by atoms with Crippen molar-refractivity contribution in [2.24, 2.45) is 7.05 Å². The average molecular weight is 237 g/mol. The van der Waals surface area contributed by atoms with Gasteiger partial charge in [-0.1, -0.05) is 13.0 Å². The van der Waals surface area contributed by atoms with Crippen LogP contribution in [0.3, 0.4) is 0 Å². The lowest BCUT2D eigenvalue weighted by atomic mass is 10.3. The zero-order valence-electron chi connectivity index (χ0n) is 10.4. The normalized spacial score (nSPS) is 10.8. The molecule has 0 amide bonds. The minimum atomic E-state index is -0.829. The summed E-state index contributed by atoms with van der Waals surface area (Å²) in [5, 5.41) is 13.1. The molecule has 0 fully saturated rings. The van der Waals surface area contributed by atoms with Crippen molar-refractivity contribution in [1.29, 1.82) is 0 Å². The van der Waals surface area contributed by atoms with Gasteiger partial charge in [-0.3, -0.25) is 14.4 Å². The van der Waals surface area contributed by atoms with Crippen molar-refractivity contribution in [3.63, 3.8) is 0 Å². The first-order chi connectivity index (χ1) is 8.06. The maximum absolute atomic E-state index is 10.7. The molecule has 0 radical (unpaired) electrons. The Morgan fingerprint density at radius 2 is 2.41 bits per heavy atom. The lowest BCUT2D eigenvalue weighted by Crippen LogP contribution is -2.30. The van der Waals surface area contributed by atoms with Gasteiger partial charge in [0.1, 0.15) is 0 Å². The second-order valence-corrected chi connectivity index (χ2v) is 3.96. The molecule has 1 N–H and O–H groups in total. The maximum atomic E-state index is 10.7. The number of hydrogen-bond acceptors (Lipinski definition) is 3. The second-order valence-electron chi connectivity index (χ2n) is 3.96. The van der Waals surface area contributed by atoms with E-state index < -0.39 is 5.97 Å². The summed E-state index contributed by atoms with van der Waals surface area (Å²) in [4.78, 5) is 12.5. The lowest BCUT2D eigenvalue weighted by molar-refractivity contribution is -0.138. The topological polar surface area (TPSA) is 58.4 Å². The van der Waals surface area contributed by atoms with E-state index in [1.807, 2.05) is 24.9 Å². The Labute approximate surface area is 101 Å². The van der Waals surface area contributed by atoms with Crippen molar-refractivity contribution in [2.45, 2.75) is 19.9 Å². The number of aromatic nitrogens is 2. The van der Waals surface area contributed by atoms with Gasteiger partial charge in [0.2, 0.25) is 0 Å². The summed E-state index contributed by atoms with van der Waals surface area (Å²) in [5.74, 6) is -0.829. The molecule has 0 aliphatic heterocycles. The summed E-state index contributed by atoms with van der Waals surface area (Å²) in [5.41, 5.74) is 2.04. The standard InChI is InChI=1S/C12H19N3O2/c1-4-6-15(9-12(16)17)8-11-7-10(5-2)13-14(11)3/h4,7H,1,5-6,8-9H2,2-3H3,(H,16,17). The van der Waals surface area contributed by atoms with E-state index in [1.54, 1.807) is 10.8 Å². The van der Waals surface area contributed by atoms with Crippen LogP contribution >= 0.6 is 0 Å². The zero-order valence-corrected chi connectivity index (χ0v) is 10.4. The van der Waals surface area contributed by atoms with Crippen molar-refractivity contribution >= 4 is 5.97 Å². The van der Waals surface area contributed by atoms with Gasteiger partial charge in [-0.15, -0.1) is 6.58 Å². The molecule has 17 heavy (non-hydrogen) atoms. The summed E-state index contributed by atoms with van der Waals surface area (Å²) in [6.45, 7) is 6.82. The third kappa shape index (κ3) is 4.03. The number of carboxylic acid groups (broad SMARTS) is 1. The van der Waals surface area contributed by atoms with E-state index in [-0.39, 0.29) is 6.54 Å². The summed E-state index contributed by atoms with van der Waals surface area (Å²) >= 11 is 0. The molecule has 0 unspecified atom stereocenters. The highest BCUT2D eigenvalue weighted by molar-refractivity contribution is 5.69. The predicted octanol–water partition coefficient (Wildman–Crippen LogP) is 1.06. The highest BCUT2D eigenvalue weighted by Crippen LogP contribution is 2.07. The van der Waals surface area contributed by atoms with Crippen molar-refractivity contribution in [2.75, 3.05) is 13.1 Å².